The van der Waals surface area contributed by atoms with Crippen LogP contribution in [-0.4, -0.2) is 104 Å². The number of amides is 3. The molecular formula is C58H60F3N9O6S. The number of benzene rings is 4. The number of thiazole rings is 1. The first-order valence-corrected chi connectivity index (χ1v) is 27.4. The van der Waals surface area contributed by atoms with Crippen LogP contribution >= 0.6 is 11.3 Å². The fourth-order valence-corrected chi connectivity index (χ4v) is 12.8. The molecule has 4 aliphatic rings. The fraction of sp³-hybridized carbons (Fsp3) is 0.397. The molecule has 1 aliphatic carbocycles. The number of rotatable bonds is 14. The number of carbonyl (C=O) groups is 4. The number of pyridine rings is 1. The van der Waals surface area contributed by atoms with Gasteiger partial charge in [0.05, 0.1) is 33.4 Å². The van der Waals surface area contributed by atoms with E-state index in [4.69, 9.17) is 9.72 Å². The van der Waals surface area contributed by atoms with Crippen LogP contribution in [-0.2, 0) is 29.6 Å². The zero-order chi connectivity index (χ0) is 53.5. The number of aromatic nitrogens is 4. The number of unbranched alkanes of at least 4 members (excludes halogenated alkanes) is 1. The molecule has 3 fully saturated rings. The van der Waals surface area contributed by atoms with E-state index in [-0.39, 0.29) is 49.0 Å². The summed E-state index contributed by atoms with van der Waals surface area (Å²) in [4.78, 5) is 65.6. The van der Waals surface area contributed by atoms with Gasteiger partial charge in [-0.15, -0.1) is 0 Å². The third-order valence-corrected chi connectivity index (χ3v) is 17.0. The van der Waals surface area contributed by atoms with E-state index in [0.717, 1.165) is 70.8 Å². The Morgan fingerprint density at radius 2 is 1.69 bits per heavy atom. The topological polar surface area (TPSA) is 175 Å². The number of nitrogens with zero attached hydrogens (tertiary/aromatic N) is 7. The van der Waals surface area contributed by atoms with Crippen molar-refractivity contribution in [2.45, 2.75) is 102 Å². The molecule has 400 valence electrons. The van der Waals surface area contributed by atoms with Crippen LogP contribution in [0.15, 0.2) is 91.0 Å². The van der Waals surface area contributed by atoms with Gasteiger partial charge in [-0.25, -0.2) is 14.8 Å². The van der Waals surface area contributed by atoms with Crippen molar-refractivity contribution in [3.8, 4) is 16.9 Å². The van der Waals surface area contributed by atoms with Crippen LogP contribution in [0.5, 0.6) is 5.75 Å². The van der Waals surface area contributed by atoms with Crippen LogP contribution in [0.2, 0.25) is 0 Å². The fourth-order valence-electron chi connectivity index (χ4n) is 11.9. The lowest BCUT2D eigenvalue weighted by atomic mass is 9.84. The second-order valence-corrected chi connectivity index (χ2v) is 21.9. The summed E-state index contributed by atoms with van der Waals surface area (Å²) < 4.78 is 53.2. The molecule has 4 aromatic carbocycles. The van der Waals surface area contributed by atoms with Gasteiger partial charge in [0.1, 0.15) is 17.6 Å². The van der Waals surface area contributed by atoms with Crippen molar-refractivity contribution in [1.29, 1.82) is 0 Å². The van der Waals surface area contributed by atoms with Crippen molar-refractivity contribution in [2.75, 3.05) is 47.8 Å². The number of carboxylic acids is 1. The molecule has 3 N–H and O–H groups in total. The molecule has 3 aliphatic heterocycles. The summed E-state index contributed by atoms with van der Waals surface area (Å²) in [6, 6.07) is 26.6. The Kier molecular flexibility index (Phi) is 14.5. The number of hydrogen-bond acceptors (Lipinski definition) is 12. The maximum atomic E-state index is 14.7. The van der Waals surface area contributed by atoms with Crippen LogP contribution in [0, 0.1) is 12.8 Å². The van der Waals surface area contributed by atoms with E-state index in [2.05, 4.69) is 20.7 Å². The zero-order valence-electron chi connectivity index (χ0n) is 42.9. The number of alkyl halides is 3. The van der Waals surface area contributed by atoms with Crippen molar-refractivity contribution in [3.63, 3.8) is 0 Å². The Balaban J connectivity index is 0.671. The van der Waals surface area contributed by atoms with Crippen molar-refractivity contribution in [3.05, 3.63) is 125 Å². The first-order chi connectivity index (χ1) is 37.1. The highest BCUT2D eigenvalue weighted by Crippen LogP contribution is 2.39. The number of piperidine rings is 1. The van der Waals surface area contributed by atoms with Gasteiger partial charge in [-0.1, -0.05) is 60.6 Å². The van der Waals surface area contributed by atoms with Gasteiger partial charge >= 0.3 is 12.1 Å². The molecule has 7 aromatic rings. The maximum absolute atomic E-state index is 14.7. The number of imide groups is 1. The molecule has 11 rings (SSSR count). The number of aryl methyl sites for hydroxylation is 1. The minimum Gasteiger partial charge on any atom is -0.490 e. The Hall–Kier alpha value is -7.38. The van der Waals surface area contributed by atoms with E-state index in [1.165, 1.54) is 11.3 Å². The molecule has 77 heavy (non-hydrogen) atoms. The molecule has 19 heteroatoms. The van der Waals surface area contributed by atoms with Gasteiger partial charge in [-0.05, 0) is 141 Å². The predicted octanol–water partition coefficient (Wildman–Crippen LogP) is 10.4. The Morgan fingerprint density at radius 1 is 0.870 bits per heavy atom. The first kappa shape index (κ1) is 51.7. The van der Waals surface area contributed by atoms with Crippen molar-refractivity contribution in [2.24, 2.45) is 13.0 Å². The molecule has 3 aromatic heterocycles. The second-order valence-electron chi connectivity index (χ2n) is 20.9. The van der Waals surface area contributed by atoms with E-state index in [1.807, 2.05) is 90.7 Å². The molecule has 0 spiro atoms. The highest BCUT2D eigenvalue weighted by molar-refractivity contribution is 7.22. The average Bonchev–Trinajstić information content (AvgIpc) is 4.00. The number of halogens is 3. The van der Waals surface area contributed by atoms with Gasteiger partial charge in [-0.2, -0.15) is 18.3 Å². The van der Waals surface area contributed by atoms with Crippen LogP contribution in [0.1, 0.15) is 107 Å². The molecule has 6 heterocycles. The lowest BCUT2D eigenvalue weighted by molar-refractivity contribution is -0.184. The minimum absolute atomic E-state index is 0.0235. The molecule has 0 bridgehead atoms. The van der Waals surface area contributed by atoms with Gasteiger partial charge in [-0.3, -0.25) is 34.6 Å². The summed E-state index contributed by atoms with van der Waals surface area (Å²) in [5.74, 6) is -1.02. The van der Waals surface area contributed by atoms with Crippen molar-refractivity contribution < 1.29 is 42.2 Å². The average molecular weight is 1070 g/mol. The lowest BCUT2D eigenvalue weighted by Gasteiger charge is -2.43. The first-order valence-electron chi connectivity index (χ1n) is 26.5. The molecule has 0 radical (unpaired) electrons. The van der Waals surface area contributed by atoms with E-state index < -0.39 is 24.1 Å². The molecular weight excluding hydrogens is 1010 g/mol. The van der Waals surface area contributed by atoms with Crippen LogP contribution in [0.3, 0.4) is 0 Å². The summed E-state index contributed by atoms with van der Waals surface area (Å²) in [5, 5.41) is 21.8. The number of anilines is 3. The van der Waals surface area contributed by atoms with Gasteiger partial charge < -0.3 is 19.6 Å². The van der Waals surface area contributed by atoms with Gasteiger partial charge in [0.25, 0.3) is 5.91 Å². The van der Waals surface area contributed by atoms with E-state index in [0.29, 0.717) is 102 Å². The van der Waals surface area contributed by atoms with Gasteiger partial charge in [0.15, 0.2) is 10.8 Å². The third-order valence-electron chi connectivity index (χ3n) is 16.1. The normalized spacial score (nSPS) is 20.3. The second kappa shape index (κ2) is 21.6. The van der Waals surface area contributed by atoms with E-state index in [1.54, 1.807) is 33.7 Å². The number of carboxylic acid groups (broad SMARTS) is 1. The number of hydrogen-bond donors (Lipinski definition) is 3. The molecule has 1 unspecified atom stereocenters. The molecule has 2 atom stereocenters. The summed E-state index contributed by atoms with van der Waals surface area (Å²) in [7, 11) is 1.75. The molecule has 15 nitrogen and oxygen atoms in total. The Morgan fingerprint density at radius 3 is 2.48 bits per heavy atom. The van der Waals surface area contributed by atoms with E-state index >= 15 is 0 Å². The van der Waals surface area contributed by atoms with Crippen LogP contribution in [0.25, 0.3) is 32.2 Å². The largest absolute Gasteiger partial charge is 0.490 e. The lowest BCUT2D eigenvalue weighted by Crippen LogP contribution is -2.59. The van der Waals surface area contributed by atoms with Crippen molar-refractivity contribution in [1.82, 2.24) is 30.0 Å². The summed E-state index contributed by atoms with van der Waals surface area (Å²) in [5.41, 5.74) is 7.17. The Labute approximate surface area is 447 Å². The monoisotopic (exact) mass is 1070 g/mol. The number of aromatic carboxylic acids is 1. The quantitative estimate of drug-likeness (QED) is 0.0696. The third kappa shape index (κ3) is 10.8. The minimum atomic E-state index is -4.40. The Bertz CT molecular complexity index is 3370. The highest BCUT2D eigenvalue weighted by atomic mass is 32.1. The van der Waals surface area contributed by atoms with Gasteiger partial charge in [0.2, 0.25) is 11.8 Å². The maximum Gasteiger partial charge on any atom is 0.405 e. The number of para-hydroxylation sites is 1. The zero-order valence-corrected chi connectivity index (χ0v) is 43.8. The number of fused-ring (bicyclic) bond motifs is 3. The number of nitrogens with one attached hydrogen (secondary N) is 2. The number of carbonyl (C=O) groups excluding carboxylic acids is 3. The molecule has 1 saturated carbocycles. The standard InChI is InChI=1S/C58H60F3N9O6S/c1-34-39(40-22-24-50(63-53(40)56(74)75)70-28-26-36-10-7-12-41(44(36)32-70)54(72)65-57-62-45-13-3-4-15-48(45)77-57)11-8-14-47(34)76-38-19-16-35(17-20-38)9-5-6-27-68-29-30-69(33-49(68)58(59,60)61)37-18-21-42-46(31-37)67(2)66-52(42)43-23-25-51(71)64-55(43)73/h3-4,7-8,10-15,18,21-22,24,31,35,38,43,49H,5-6,9,16-17,19-20,23,25-30,32-33H2,1-2H3,(H,74,75)(H,62,65,72)(H,64,71,73)/t35-,38-,43?,49-/m0/s1. The summed E-state index contributed by atoms with van der Waals surface area (Å²) in [6.07, 6.45) is 2.85. The smallest absolute Gasteiger partial charge is 0.405 e. The summed E-state index contributed by atoms with van der Waals surface area (Å²) >= 11 is 1.42. The molecule has 3 amide bonds. The van der Waals surface area contributed by atoms with Crippen molar-refractivity contribution >= 4 is 72.8 Å². The van der Waals surface area contributed by atoms with Gasteiger partial charge in [0, 0.05) is 68.4 Å². The highest BCUT2D eigenvalue weighted by Gasteiger charge is 2.46. The molecule has 2 saturated heterocycles. The predicted molar refractivity (Wildman–Crippen MR) is 290 cm³/mol. The van der Waals surface area contributed by atoms with Crippen LogP contribution < -0.4 is 25.2 Å². The van der Waals surface area contributed by atoms with E-state index in [9.17, 15) is 37.5 Å². The number of ether oxygens (including phenoxy) is 1. The SMILES string of the molecule is Cc1c(O[C@H]2CC[C@H](CCCCN3CCN(c4ccc5c(C6CCC(=O)NC6=O)nn(C)c5c4)C[C@H]3C(F)(F)F)CC2)cccc1-c1ccc(N2CCc3cccc(C(=O)Nc4nc5ccccc5s4)c3C2)nc1C(=O)O. The van der Waals surface area contributed by atoms with Crippen LogP contribution in [0.4, 0.5) is 29.8 Å². The summed E-state index contributed by atoms with van der Waals surface area (Å²) in [6.45, 7) is 3.82. The number of piperazine rings is 1.